The van der Waals surface area contributed by atoms with Crippen LogP contribution in [0.2, 0.25) is 0 Å². The fourth-order valence-electron chi connectivity index (χ4n) is 2.15. The summed E-state index contributed by atoms with van der Waals surface area (Å²) in [7, 11) is 0. The molecule has 0 aliphatic heterocycles. The van der Waals surface area contributed by atoms with Crippen LogP contribution in [0.15, 0.2) is 42.5 Å². The fraction of sp³-hybridized carbons (Fsp3) is 0.250. The third kappa shape index (κ3) is 3.54. The highest BCUT2D eigenvalue weighted by Gasteiger charge is 2.13. The molecule has 2 rings (SSSR count). The summed E-state index contributed by atoms with van der Waals surface area (Å²) in [5, 5.41) is 12.5. The molecule has 0 fully saturated rings. The van der Waals surface area contributed by atoms with E-state index in [1.54, 1.807) is 18.2 Å². The summed E-state index contributed by atoms with van der Waals surface area (Å²) in [4.78, 5) is 0. The molecule has 0 aliphatic rings. The van der Waals surface area contributed by atoms with E-state index in [-0.39, 0.29) is 11.8 Å². The molecule has 0 saturated carbocycles. The highest BCUT2D eigenvalue weighted by Crippen LogP contribution is 2.21. The Labute approximate surface area is 117 Å². The van der Waals surface area contributed by atoms with Gasteiger partial charge in [0.25, 0.3) is 0 Å². The lowest BCUT2D eigenvalue weighted by Crippen LogP contribution is -2.23. The quantitative estimate of drug-likeness (QED) is 0.875. The largest absolute Gasteiger partial charge is 0.508 e. The molecule has 0 bridgehead atoms. The van der Waals surface area contributed by atoms with Crippen LogP contribution in [0.3, 0.4) is 0 Å². The van der Waals surface area contributed by atoms with E-state index < -0.39 is 11.6 Å². The zero-order valence-electron chi connectivity index (χ0n) is 11.2. The van der Waals surface area contributed by atoms with Crippen molar-refractivity contribution in [1.82, 2.24) is 5.32 Å². The molecule has 2 aromatic carbocycles. The van der Waals surface area contributed by atoms with Gasteiger partial charge in [-0.15, -0.1) is 0 Å². The van der Waals surface area contributed by atoms with Crippen LogP contribution in [-0.2, 0) is 6.42 Å². The third-order valence-corrected chi connectivity index (χ3v) is 3.17. The Morgan fingerprint density at radius 1 is 1.05 bits per heavy atom. The van der Waals surface area contributed by atoms with Crippen molar-refractivity contribution in [1.29, 1.82) is 0 Å². The summed E-state index contributed by atoms with van der Waals surface area (Å²) >= 11 is 0. The monoisotopic (exact) mass is 277 g/mol. The Morgan fingerprint density at radius 2 is 1.75 bits per heavy atom. The van der Waals surface area contributed by atoms with Gasteiger partial charge in [0.05, 0.1) is 0 Å². The summed E-state index contributed by atoms with van der Waals surface area (Å²) in [6, 6.07) is 10.7. The number of phenols is 1. The molecule has 1 unspecified atom stereocenters. The predicted octanol–water partition coefficient (Wildman–Crippen LogP) is 3.56. The van der Waals surface area contributed by atoms with E-state index in [4.69, 9.17) is 0 Å². The van der Waals surface area contributed by atoms with Crippen molar-refractivity contribution in [2.45, 2.75) is 19.4 Å². The minimum Gasteiger partial charge on any atom is -0.508 e. The molecule has 0 aliphatic carbocycles. The van der Waals surface area contributed by atoms with E-state index in [2.05, 4.69) is 5.32 Å². The van der Waals surface area contributed by atoms with Gasteiger partial charge in [0, 0.05) is 6.04 Å². The highest BCUT2D eigenvalue weighted by molar-refractivity contribution is 5.29. The van der Waals surface area contributed by atoms with Gasteiger partial charge in [0.15, 0.2) is 11.6 Å². The van der Waals surface area contributed by atoms with Crippen LogP contribution in [-0.4, -0.2) is 11.7 Å². The molecule has 0 saturated heterocycles. The SMILES string of the molecule is CCNC(Cc1ccc(O)cc1)c1ccc(F)c(F)c1. The molecule has 0 amide bonds. The smallest absolute Gasteiger partial charge is 0.159 e. The number of benzene rings is 2. The van der Waals surface area contributed by atoms with E-state index in [1.807, 2.05) is 19.1 Å². The minimum atomic E-state index is -0.839. The van der Waals surface area contributed by atoms with Crippen LogP contribution in [0.5, 0.6) is 5.75 Å². The van der Waals surface area contributed by atoms with Gasteiger partial charge in [-0.1, -0.05) is 25.1 Å². The zero-order chi connectivity index (χ0) is 14.5. The summed E-state index contributed by atoms with van der Waals surface area (Å²) in [5.74, 6) is -1.47. The van der Waals surface area contributed by atoms with Crippen LogP contribution in [0, 0.1) is 11.6 Å². The number of hydrogen-bond donors (Lipinski definition) is 2. The molecule has 106 valence electrons. The summed E-state index contributed by atoms with van der Waals surface area (Å²) in [6.45, 7) is 2.69. The van der Waals surface area contributed by atoms with Crippen molar-refractivity contribution < 1.29 is 13.9 Å². The average Bonchev–Trinajstić information content (AvgIpc) is 2.44. The van der Waals surface area contributed by atoms with Gasteiger partial charge < -0.3 is 10.4 Å². The average molecular weight is 277 g/mol. The summed E-state index contributed by atoms with van der Waals surface area (Å²) in [6.07, 6.45) is 0.638. The molecule has 2 nitrogen and oxygen atoms in total. The maximum absolute atomic E-state index is 13.3. The molecule has 0 spiro atoms. The van der Waals surface area contributed by atoms with Gasteiger partial charge >= 0.3 is 0 Å². The van der Waals surface area contributed by atoms with Crippen LogP contribution in [0.4, 0.5) is 8.78 Å². The predicted molar refractivity (Wildman–Crippen MR) is 74.6 cm³/mol. The zero-order valence-corrected chi connectivity index (χ0v) is 11.2. The number of phenolic OH excluding ortho intramolecular Hbond substituents is 1. The standard InChI is InChI=1S/C16H17F2NO/c1-2-19-16(9-11-3-6-13(20)7-4-11)12-5-8-14(17)15(18)10-12/h3-8,10,16,19-20H,2,9H2,1H3. The summed E-state index contributed by atoms with van der Waals surface area (Å²) < 4.78 is 26.3. The Balaban J connectivity index is 2.21. The number of halogens is 2. The first-order chi connectivity index (χ1) is 9.60. The Morgan fingerprint density at radius 3 is 2.35 bits per heavy atom. The summed E-state index contributed by atoms with van der Waals surface area (Å²) in [5.41, 5.74) is 1.72. The molecule has 1 atom stereocenters. The van der Waals surface area contributed by atoms with Gasteiger partial charge in [-0.2, -0.15) is 0 Å². The molecule has 0 heterocycles. The third-order valence-electron chi connectivity index (χ3n) is 3.17. The number of rotatable bonds is 5. The van der Waals surface area contributed by atoms with Gasteiger partial charge in [0.1, 0.15) is 5.75 Å². The van der Waals surface area contributed by atoms with Gasteiger partial charge in [-0.05, 0) is 48.4 Å². The van der Waals surface area contributed by atoms with E-state index in [9.17, 15) is 13.9 Å². The maximum Gasteiger partial charge on any atom is 0.159 e. The van der Waals surface area contributed by atoms with Crippen LogP contribution >= 0.6 is 0 Å². The maximum atomic E-state index is 13.3. The van der Waals surface area contributed by atoms with Crippen LogP contribution < -0.4 is 5.32 Å². The lowest BCUT2D eigenvalue weighted by molar-refractivity contribution is 0.474. The lowest BCUT2D eigenvalue weighted by atomic mass is 9.98. The van der Waals surface area contributed by atoms with Crippen molar-refractivity contribution >= 4 is 0 Å². The fourth-order valence-corrected chi connectivity index (χ4v) is 2.15. The van der Waals surface area contributed by atoms with E-state index in [0.29, 0.717) is 12.0 Å². The first-order valence-corrected chi connectivity index (χ1v) is 6.56. The molecule has 4 heteroatoms. The van der Waals surface area contributed by atoms with E-state index in [1.165, 1.54) is 6.07 Å². The van der Waals surface area contributed by atoms with Gasteiger partial charge in [0.2, 0.25) is 0 Å². The van der Waals surface area contributed by atoms with Crippen LogP contribution in [0.25, 0.3) is 0 Å². The Kier molecular flexibility index (Phi) is 4.69. The van der Waals surface area contributed by atoms with Crippen molar-refractivity contribution in [3.05, 3.63) is 65.2 Å². The molecular weight excluding hydrogens is 260 g/mol. The topological polar surface area (TPSA) is 32.3 Å². The number of likely N-dealkylation sites (N-methyl/N-ethyl adjacent to an activating group) is 1. The molecule has 2 aromatic rings. The Bertz CT molecular complexity index is 569. The molecule has 0 aromatic heterocycles. The Hall–Kier alpha value is -1.94. The van der Waals surface area contributed by atoms with Crippen molar-refractivity contribution in [3.8, 4) is 5.75 Å². The number of aromatic hydroxyl groups is 1. The molecule has 0 radical (unpaired) electrons. The van der Waals surface area contributed by atoms with Crippen molar-refractivity contribution in [2.24, 2.45) is 0 Å². The number of hydrogen-bond acceptors (Lipinski definition) is 2. The van der Waals surface area contributed by atoms with Crippen molar-refractivity contribution in [3.63, 3.8) is 0 Å². The van der Waals surface area contributed by atoms with E-state index >= 15 is 0 Å². The highest BCUT2D eigenvalue weighted by atomic mass is 19.2. The first kappa shape index (κ1) is 14.5. The normalized spacial score (nSPS) is 12.3. The first-order valence-electron chi connectivity index (χ1n) is 6.56. The van der Waals surface area contributed by atoms with Crippen LogP contribution in [0.1, 0.15) is 24.1 Å². The van der Waals surface area contributed by atoms with Gasteiger partial charge in [-0.25, -0.2) is 8.78 Å². The second kappa shape index (κ2) is 6.48. The van der Waals surface area contributed by atoms with Crippen molar-refractivity contribution in [2.75, 3.05) is 6.54 Å². The lowest BCUT2D eigenvalue weighted by Gasteiger charge is -2.19. The minimum absolute atomic E-state index is 0.0976. The molecular formula is C16H17F2NO. The second-order valence-corrected chi connectivity index (χ2v) is 4.65. The number of nitrogens with one attached hydrogen (secondary N) is 1. The molecule has 2 N–H and O–H groups in total. The second-order valence-electron chi connectivity index (χ2n) is 4.65. The van der Waals surface area contributed by atoms with E-state index in [0.717, 1.165) is 18.2 Å². The van der Waals surface area contributed by atoms with Gasteiger partial charge in [-0.3, -0.25) is 0 Å². The molecule has 20 heavy (non-hydrogen) atoms.